The second-order valence-corrected chi connectivity index (χ2v) is 6.48. The van der Waals surface area contributed by atoms with E-state index in [0.717, 1.165) is 37.7 Å². The van der Waals surface area contributed by atoms with Gasteiger partial charge >= 0.3 is 0 Å². The van der Waals surface area contributed by atoms with Gasteiger partial charge in [-0.3, -0.25) is 4.79 Å². The van der Waals surface area contributed by atoms with Crippen molar-refractivity contribution in [2.24, 2.45) is 0 Å². The summed E-state index contributed by atoms with van der Waals surface area (Å²) in [4.78, 5) is 16.0. The Kier molecular flexibility index (Phi) is 4.68. The summed E-state index contributed by atoms with van der Waals surface area (Å²) in [5.41, 5.74) is 2.52. The molecule has 2 aromatic rings. The fraction of sp³-hybridized carbons (Fsp3) is 0.412. The van der Waals surface area contributed by atoms with Crippen molar-refractivity contribution in [3.05, 3.63) is 51.9 Å². The standard InChI is InChI=1S/C17H20ClN3O2/c1-12-16(13(2)23-19-12)17(22)21-8-6-20(7-9-21)11-14-4-3-5-15(18)10-14/h3-5,10H,6-9,11H2,1-2H3/p+1. The number of piperazine rings is 1. The molecular formula is C17H21ClN3O2+. The molecule has 23 heavy (non-hydrogen) atoms. The van der Waals surface area contributed by atoms with Crippen LogP contribution in [-0.2, 0) is 6.54 Å². The van der Waals surface area contributed by atoms with E-state index in [2.05, 4.69) is 11.2 Å². The molecule has 3 rings (SSSR count). The van der Waals surface area contributed by atoms with Crippen molar-refractivity contribution in [2.75, 3.05) is 26.2 Å². The fourth-order valence-electron chi connectivity index (χ4n) is 3.08. The van der Waals surface area contributed by atoms with Crippen LogP contribution in [0.2, 0.25) is 5.02 Å². The molecule has 5 nitrogen and oxygen atoms in total. The van der Waals surface area contributed by atoms with Crippen molar-refractivity contribution in [3.63, 3.8) is 0 Å². The van der Waals surface area contributed by atoms with Crippen LogP contribution >= 0.6 is 11.6 Å². The van der Waals surface area contributed by atoms with E-state index in [1.54, 1.807) is 6.92 Å². The molecule has 1 fully saturated rings. The van der Waals surface area contributed by atoms with Crippen molar-refractivity contribution in [1.29, 1.82) is 0 Å². The van der Waals surface area contributed by atoms with Gasteiger partial charge in [-0.15, -0.1) is 0 Å². The Morgan fingerprint density at radius 1 is 1.35 bits per heavy atom. The Labute approximate surface area is 140 Å². The smallest absolute Gasteiger partial charge is 0.259 e. The lowest BCUT2D eigenvalue weighted by Crippen LogP contribution is -3.13. The molecule has 0 aliphatic carbocycles. The average molecular weight is 335 g/mol. The molecule has 1 saturated heterocycles. The summed E-state index contributed by atoms with van der Waals surface area (Å²) < 4.78 is 5.10. The summed E-state index contributed by atoms with van der Waals surface area (Å²) in [6, 6.07) is 7.98. The number of amides is 1. The Morgan fingerprint density at radius 3 is 2.70 bits per heavy atom. The van der Waals surface area contributed by atoms with Crippen LogP contribution in [0.25, 0.3) is 0 Å². The van der Waals surface area contributed by atoms with Gasteiger partial charge in [0.2, 0.25) is 0 Å². The van der Waals surface area contributed by atoms with Crippen LogP contribution in [0.1, 0.15) is 27.4 Å². The zero-order valence-corrected chi connectivity index (χ0v) is 14.2. The Bertz CT molecular complexity index is 686. The van der Waals surface area contributed by atoms with Gasteiger partial charge in [0.1, 0.15) is 17.9 Å². The number of halogens is 1. The van der Waals surface area contributed by atoms with Gasteiger partial charge in [0, 0.05) is 10.6 Å². The van der Waals surface area contributed by atoms with Crippen molar-refractivity contribution < 1.29 is 14.2 Å². The normalized spacial score (nSPS) is 15.9. The molecule has 6 heteroatoms. The first kappa shape index (κ1) is 16.0. The average Bonchev–Trinajstić information content (AvgIpc) is 2.86. The highest BCUT2D eigenvalue weighted by molar-refractivity contribution is 6.30. The lowest BCUT2D eigenvalue weighted by Gasteiger charge is -2.32. The summed E-state index contributed by atoms with van der Waals surface area (Å²) in [6.07, 6.45) is 0. The maximum absolute atomic E-state index is 12.6. The SMILES string of the molecule is Cc1noc(C)c1C(=O)N1CC[NH+](Cc2cccc(Cl)c2)CC1. The van der Waals surface area contributed by atoms with Gasteiger partial charge < -0.3 is 14.3 Å². The third-order valence-corrected chi connectivity index (χ3v) is 4.58. The number of hydrogen-bond acceptors (Lipinski definition) is 3. The largest absolute Gasteiger partial charge is 0.361 e. The van der Waals surface area contributed by atoms with E-state index < -0.39 is 0 Å². The quantitative estimate of drug-likeness (QED) is 0.925. The van der Waals surface area contributed by atoms with Crippen LogP contribution in [0.4, 0.5) is 0 Å². The molecule has 1 aliphatic heterocycles. The van der Waals surface area contributed by atoms with Crippen LogP contribution in [-0.4, -0.2) is 42.1 Å². The molecule has 0 bridgehead atoms. The molecule has 1 aromatic carbocycles. The van der Waals surface area contributed by atoms with E-state index >= 15 is 0 Å². The zero-order chi connectivity index (χ0) is 16.4. The molecule has 0 unspecified atom stereocenters. The number of benzene rings is 1. The van der Waals surface area contributed by atoms with Crippen LogP contribution in [0, 0.1) is 13.8 Å². The van der Waals surface area contributed by atoms with Crippen molar-refractivity contribution in [2.45, 2.75) is 20.4 Å². The maximum atomic E-state index is 12.6. The van der Waals surface area contributed by atoms with Crippen LogP contribution in [0.5, 0.6) is 0 Å². The molecule has 1 amide bonds. The van der Waals surface area contributed by atoms with Gasteiger partial charge in [-0.2, -0.15) is 0 Å². The fourth-order valence-corrected chi connectivity index (χ4v) is 3.30. The monoisotopic (exact) mass is 334 g/mol. The topological polar surface area (TPSA) is 50.8 Å². The van der Waals surface area contributed by atoms with Gasteiger partial charge in [0.05, 0.1) is 31.9 Å². The first-order chi connectivity index (χ1) is 11.0. The zero-order valence-electron chi connectivity index (χ0n) is 13.4. The number of nitrogens with one attached hydrogen (secondary N) is 1. The van der Waals surface area contributed by atoms with E-state index in [-0.39, 0.29) is 5.91 Å². The van der Waals surface area contributed by atoms with Gasteiger partial charge in [-0.05, 0) is 26.0 Å². The molecule has 1 aliphatic rings. The maximum Gasteiger partial charge on any atom is 0.259 e. The van der Waals surface area contributed by atoms with Gasteiger partial charge in [-0.25, -0.2) is 0 Å². The summed E-state index contributed by atoms with van der Waals surface area (Å²) in [5.74, 6) is 0.629. The number of aryl methyl sites for hydroxylation is 2. The summed E-state index contributed by atoms with van der Waals surface area (Å²) in [5, 5.41) is 4.64. The number of carbonyl (C=O) groups is 1. The number of carbonyl (C=O) groups excluding carboxylic acids is 1. The molecule has 0 atom stereocenters. The van der Waals surface area contributed by atoms with E-state index in [0.29, 0.717) is 17.0 Å². The third-order valence-electron chi connectivity index (χ3n) is 4.35. The molecule has 1 aromatic heterocycles. The summed E-state index contributed by atoms with van der Waals surface area (Å²) >= 11 is 6.04. The highest BCUT2D eigenvalue weighted by Gasteiger charge is 2.28. The Balaban J connectivity index is 1.59. The summed E-state index contributed by atoms with van der Waals surface area (Å²) in [6.45, 7) is 7.90. The Hall–Kier alpha value is -1.85. The second-order valence-electron chi connectivity index (χ2n) is 6.05. The molecule has 0 radical (unpaired) electrons. The number of quaternary nitrogens is 1. The highest BCUT2D eigenvalue weighted by Crippen LogP contribution is 2.15. The third kappa shape index (κ3) is 3.57. The highest BCUT2D eigenvalue weighted by atomic mass is 35.5. The van der Waals surface area contributed by atoms with Gasteiger partial charge in [0.15, 0.2) is 0 Å². The molecular weight excluding hydrogens is 314 g/mol. The van der Waals surface area contributed by atoms with Crippen molar-refractivity contribution in [1.82, 2.24) is 10.1 Å². The van der Waals surface area contributed by atoms with E-state index in [1.807, 2.05) is 30.0 Å². The minimum absolute atomic E-state index is 0.0306. The molecule has 2 heterocycles. The minimum Gasteiger partial charge on any atom is -0.361 e. The first-order valence-corrected chi connectivity index (χ1v) is 8.22. The minimum atomic E-state index is 0.0306. The lowest BCUT2D eigenvalue weighted by atomic mass is 10.1. The van der Waals surface area contributed by atoms with E-state index in [1.165, 1.54) is 10.5 Å². The summed E-state index contributed by atoms with van der Waals surface area (Å²) in [7, 11) is 0. The number of nitrogens with zero attached hydrogens (tertiary/aromatic N) is 2. The van der Waals surface area contributed by atoms with Crippen molar-refractivity contribution in [3.8, 4) is 0 Å². The molecule has 122 valence electrons. The van der Waals surface area contributed by atoms with E-state index in [9.17, 15) is 4.79 Å². The first-order valence-electron chi connectivity index (χ1n) is 7.85. The predicted molar refractivity (Wildman–Crippen MR) is 87.7 cm³/mol. The molecule has 0 spiro atoms. The van der Waals surface area contributed by atoms with Crippen LogP contribution < -0.4 is 4.90 Å². The van der Waals surface area contributed by atoms with E-state index in [4.69, 9.17) is 16.1 Å². The lowest BCUT2D eigenvalue weighted by molar-refractivity contribution is -0.917. The number of hydrogen-bond donors (Lipinski definition) is 1. The predicted octanol–water partition coefficient (Wildman–Crippen LogP) is 1.49. The number of rotatable bonds is 3. The van der Waals surface area contributed by atoms with Crippen LogP contribution in [0.15, 0.2) is 28.8 Å². The van der Waals surface area contributed by atoms with Gasteiger partial charge in [-0.1, -0.05) is 28.9 Å². The number of aromatic nitrogens is 1. The molecule has 0 saturated carbocycles. The molecule has 1 N–H and O–H groups in total. The Morgan fingerprint density at radius 2 is 2.09 bits per heavy atom. The van der Waals surface area contributed by atoms with Gasteiger partial charge in [0.25, 0.3) is 5.91 Å². The van der Waals surface area contributed by atoms with Crippen LogP contribution in [0.3, 0.4) is 0 Å². The van der Waals surface area contributed by atoms with Crippen molar-refractivity contribution >= 4 is 17.5 Å². The second kappa shape index (κ2) is 6.72.